The van der Waals surface area contributed by atoms with Gasteiger partial charge in [-0.2, -0.15) is 0 Å². The van der Waals surface area contributed by atoms with Gasteiger partial charge in [0, 0.05) is 15.7 Å². The molecule has 1 aliphatic rings. The van der Waals surface area contributed by atoms with Crippen LogP contribution in [0.15, 0.2) is 36.4 Å². The maximum Gasteiger partial charge on any atom is 0.262 e. The first-order chi connectivity index (χ1) is 10.5. The monoisotopic (exact) mass is 336 g/mol. The Balaban J connectivity index is 1.90. The lowest BCUT2D eigenvalue weighted by Gasteiger charge is -2.20. The van der Waals surface area contributed by atoms with Gasteiger partial charge in [0.15, 0.2) is 12.4 Å². The molecule has 0 bridgehead atoms. The predicted molar refractivity (Wildman–Crippen MR) is 85.0 cm³/mol. The third-order valence-corrected chi connectivity index (χ3v) is 3.44. The molecular weight excluding hydrogens is 327 g/mol. The summed E-state index contributed by atoms with van der Waals surface area (Å²) in [5.74, 6) is -0.300. The summed E-state index contributed by atoms with van der Waals surface area (Å²) in [5, 5.41) is 6.19. The van der Waals surface area contributed by atoms with Crippen molar-refractivity contribution >= 4 is 46.4 Å². The quantitative estimate of drug-likeness (QED) is 0.880. The number of benzene rings is 2. The average Bonchev–Trinajstić information content (AvgIpc) is 2.45. The van der Waals surface area contributed by atoms with Gasteiger partial charge in [0.25, 0.3) is 11.8 Å². The predicted octanol–water partition coefficient (Wildman–Crippen LogP) is 3.58. The number of hydrogen-bond donors (Lipinski definition) is 2. The molecule has 0 aromatic heterocycles. The van der Waals surface area contributed by atoms with Crippen molar-refractivity contribution in [3.63, 3.8) is 0 Å². The van der Waals surface area contributed by atoms with E-state index in [1.807, 2.05) is 0 Å². The Bertz CT molecular complexity index is 757. The molecule has 2 aromatic carbocycles. The number of rotatable bonds is 2. The summed E-state index contributed by atoms with van der Waals surface area (Å²) in [6.45, 7) is -0.125. The van der Waals surface area contributed by atoms with Gasteiger partial charge in [-0.05, 0) is 30.3 Å². The Labute approximate surface area is 136 Å². The van der Waals surface area contributed by atoms with E-state index in [1.165, 1.54) is 0 Å². The van der Waals surface area contributed by atoms with Crippen molar-refractivity contribution in [2.24, 2.45) is 0 Å². The molecule has 2 amide bonds. The zero-order chi connectivity index (χ0) is 15.7. The summed E-state index contributed by atoms with van der Waals surface area (Å²) >= 11 is 11.8. The Morgan fingerprint density at radius 3 is 2.64 bits per heavy atom. The highest BCUT2D eigenvalue weighted by Gasteiger charge is 2.22. The van der Waals surface area contributed by atoms with Crippen molar-refractivity contribution < 1.29 is 14.3 Å². The third-order valence-electron chi connectivity index (χ3n) is 3.00. The minimum atomic E-state index is -0.383. The van der Waals surface area contributed by atoms with Crippen LogP contribution in [0.4, 0.5) is 11.4 Å². The number of nitrogens with one attached hydrogen (secondary N) is 2. The molecule has 1 aliphatic heterocycles. The zero-order valence-corrected chi connectivity index (χ0v) is 12.7. The fourth-order valence-electron chi connectivity index (χ4n) is 2.12. The molecule has 0 unspecified atom stereocenters. The van der Waals surface area contributed by atoms with Crippen LogP contribution >= 0.6 is 23.2 Å². The Hall–Kier alpha value is -2.24. The van der Waals surface area contributed by atoms with Crippen LogP contribution in [-0.4, -0.2) is 18.4 Å². The lowest BCUT2D eigenvalue weighted by molar-refractivity contribution is -0.118. The van der Waals surface area contributed by atoms with Crippen LogP contribution in [0.5, 0.6) is 5.75 Å². The van der Waals surface area contributed by atoms with Crippen LogP contribution in [0.2, 0.25) is 10.0 Å². The molecule has 0 atom stereocenters. The first kappa shape index (κ1) is 14.7. The van der Waals surface area contributed by atoms with Crippen molar-refractivity contribution in [3.8, 4) is 5.75 Å². The van der Waals surface area contributed by atoms with Crippen molar-refractivity contribution in [3.05, 3.63) is 52.0 Å². The molecular formula is C15H10Cl2N2O3. The molecule has 1 heterocycles. The van der Waals surface area contributed by atoms with Crippen LogP contribution < -0.4 is 15.4 Å². The Morgan fingerprint density at radius 2 is 1.91 bits per heavy atom. The number of para-hydroxylation sites is 1. The van der Waals surface area contributed by atoms with Crippen LogP contribution in [0.3, 0.4) is 0 Å². The van der Waals surface area contributed by atoms with E-state index in [0.717, 1.165) is 0 Å². The van der Waals surface area contributed by atoms with Crippen LogP contribution in [0.25, 0.3) is 0 Å². The smallest absolute Gasteiger partial charge is 0.262 e. The second-order valence-corrected chi connectivity index (χ2v) is 5.50. The highest BCUT2D eigenvalue weighted by atomic mass is 35.5. The van der Waals surface area contributed by atoms with Gasteiger partial charge in [0.1, 0.15) is 0 Å². The number of halogens is 2. The van der Waals surface area contributed by atoms with Gasteiger partial charge in [0.2, 0.25) is 0 Å². The molecule has 0 aliphatic carbocycles. The molecule has 2 aromatic rings. The van der Waals surface area contributed by atoms with Gasteiger partial charge < -0.3 is 15.4 Å². The van der Waals surface area contributed by atoms with E-state index in [0.29, 0.717) is 32.7 Å². The van der Waals surface area contributed by atoms with E-state index in [9.17, 15) is 9.59 Å². The second kappa shape index (κ2) is 5.87. The normalized spacial score (nSPS) is 12.9. The highest BCUT2D eigenvalue weighted by Crippen LogP contribution is 2.32. The number of amides is 2. The van der Waals surface area contributed by atoms with E-state index in [-0.39, 0.29) is 18.4 Å². The van der Waals surface area contributed by atoms with E-state index in [2.05, 4.69) is 10.6 Å². The van der Waals surface area contributed by atoms with Gasteiger partial charge in [-0.3, -0.25) is 9.59 Å². The largest absolute Gasteiger partial charge is 0.481 e. The second-order valence-electron chi connectivity index (χ2n) is 4.63. The molecule has 22 heavy (non-hydrogen) atoms. The fraction of sp³-hybridized carbons (Fsp3) is 0.0667. The Morgan fingerprint density at radius 1 is 1.18 bits per heavy atom. The van der Waals surface area contributed by atoms with Crippen molar-refractivity contribution in [1.82, 2.24) is 0 Å². The maximum atomic E-state index is 12.4. The van der Waals surface area contributed by atoms with Crippen molar-refractivity contribution in [2.45, 2.75) is 0 Å². The van der Waals surface area contributed by atoms with E-state index < -0.39 is 0 Å². The SMILES string of the molecule is O=C1COc2c(cccc2C(=O)Nc2cc(Cl)cc(Cl)c2)N1. The molecule has 112 valence electrons. The molecule has 3 rings (SSSR count). The fourth-order valence-corrected chi connectivity index (χ4v) is 2.64. The standard InChI is InChI=1S/C15H10Cl2N2O3/c16-8-4-9(17)6-10(5-8)18-15(21)11-2-1-3-12-14(11)22-7-13(20)19-12/h1-6H,7H2,(H,18,21)(H,19,20). The van der Waals surface area contributed by atoms with E-state index >= 15 is 0 Å². The molecule has 0 saturated heterocycles. The number of fused-ring (bicyclic) bond motifs is 1. The lowest BCUT2D eigenvalue weighted by Crippen LogP contribution is -2.27. The summed E-state index contributed by atoms with van der Waals surface area (Å²) in [6.07, 6.45) is 0. The first-order valence-electron chi connectivity index (χ1n) is 6.36. The third kappa shape index (κ3) is 3.00. The maximum absolute atomic E-state index is 12.4. The minimum absolute atomic E-state index is 0.125. The number of anilines is 2. The molecule has 7 heteroatoms. The van der Waals surface area contributed by atoms with Crippen molar-refractivity contribution in [2.75, 3.05) is 17.2 Å². The van der Waals surface area contributed by atoms with Crippen LogP contribution in [0, 0.1) is 0 Å². The topological polar surface area (TPSA) is 67.4 Å². The number of carbonyl (C=O) groups is 2. The molecule has 0 fully saturated rings. The van der Waals surface area contributed by atoms with Gasteiger partial charge in [-0.1, -0.05) is 29.3 Å². The molecule has 5 nitrogen and oxygen atoms in total. The molecule has 0 radical (unpaired) electrons. The summed E-state index contributed by atoms with van der Waals surface area (Å²) in [7, 11) is 0. The number of hydrogen-bond acceptors (Lipinski definition) is 3. The Kier molecular flexibility index (Phi) is 3.92. The highest BCUT2D eigenvalue weighted by molar-refractivity contribution is 6.35. The molecule has 0 spiro atoms. The summed E-state index contributed by atoms with van der Waals surface area (Å²) in [4.78, 5) is 23.7. The van der Waals surface area contributed by atoms with Gasteiger partial charge in [0.05, 0.1) is 11.3 Å². The number of carbonyl (C=O) groups excluding carboxylic acids is 2. The molecule has 2 N–H and O–H groups in total. The van der Waals surface area contributed by atoms with E-state index in [1.54, 1.807) is 36.4 Å². The van der Waals surface area contributed by atoms with Gasteiger partial charge in [-0.25, -0.2) is 0 Å². The average molecular weight is 337 g/mol. The summed E-state index contributed by atoms with van der Waals surface area (Å²) < 4.78 is 5.35. The van der Waals surface area contributed by atoms with Crippen LogP contribution in [-0.2, 0) is 4.79 Å². The lowest BCUT2D eigenvalue weighted by atomic mass is 10.1. The molecule has 0 saturated carbocycles. The minimum Gasteiger partial charge on any atom is -0.481 e. The van der Waals surface area contributed by atoms with E-state index in [4.69, 9.17) is 27.9 Å². The van der Waals surface area contributed by atoms with Crippen LogP contribution in [0.1, 0.15) is 10.4 Å². The zero-order valence-electron chi connectivity index (χ0n) is 11.2. The van der Waals surface area contributed by atoms with Crippen molar-refractivity contribution in [1.29, 1.82) is 0 Å². The summed E-state index contributed by atoms with van der Waals surface area (Å²) in [6, 6.07) is 9.68. The van der Waals surface area contributed by atoms with Gasteiger partial charge >= 0.3 is 0 Å². The number of ether oxygens (including phenoxy) is 1. The van der Waals surface area contributed by atoms with Gasteiger partial charge in [-0.15, -0.1) is 0 Å². The first-order valence-corrected chi connectivity index (χ1v) is 7.11. The summed E-state index contributed by atoms with van der Waals surface area (Å²) in [5.41, 5.74) is 1.25.